The van der Waals surface area contributed by atoms with E-state index in [0.29, 0.717) is 10.5 Å². The van der Waals surface area contributed by atoms with Crippen LogP contribution >= 0.6 is 23.1 Å². The predicted octanol–water partition coefficient (Wildman–Crippen LogP) is 4.07. The highest BCUT2D eigenvalue weighted by molar-refractivity contribution is 7.99. The van der Waals surface area contributed by atoms with Gasteiger partial charge in [0.05, 0.1) is 11.5 Å². The molecule has 1 atom stereocenters. The molecule has 130 valence electrons. The van der Waals surface area contributed by atoms with Crippen molar-refractivity contribution >= 4 is 33.3 Å². The summed E-state index contributed by atoms with van der Waals surface area (Å²) < 4.78 is 20.4. The van der Waals surface area contributed by atoms with Crippen LogP contribution in [-0.4, -0.2) is 28.0 Å². The molecule has 4 nitrogen and oxygen atoms in total. The highest BCUT2D eigenvalue weighted by Gasteiger charge is 2.19. The molecule has 0 radical (unpaired) electrons. The van der Waals surface area contributed by atoms with Gasteiger partial charge in [0.1, 0.15) is 10.6 Å². The Labute approximate surface area is 152 Å². The van der Waals surface area contributed by atoms with Crippen molar-refractivity contribution in [2.75, 3.05) is 12.4 Å². The second-order valence-electron chi connectivity index (χ2n) is 6.04. The minimum absolute atomic E-state index is 0.0691. The summed E-state index contributed by atoms with van der Waals surface area (Å²) in [5.74, 6) is 0.518. The topological polar surface area (TPSA) is 44.1 Å². The van der Waals surface area contributed by atoms with Crippen molar-refractivity contribution in [3.8, 4) is 11.1 Å². The van der Waals surface area contributed by atoms with Crippen molar-refractivity contribution in [2.45, 2.75) is 24.1 Å². The van der Waals surface area contributed by atoms with Crippen LogP contribution in [0, 0.1) is 5.82 Å². The predicted molar refractivity (Wildman–Crippen MR) is 100.0 cm³/mol. The van der Waals surface area contributed by atoms with Gasteiger partial charge in [0.2, 0.25) is 0 Å². The van der Waals surface area contributed by atoms with Crippen LogP contribution in [0.15, 0.2) is 39.6 Å². The van der Waals surface area contributed by atoms with Gasteiger partial charge >= 0.3 is 0 Å². The van der Waals surface area contributed by atoms with Crippen molar-refractivity contribution in [1.29, 1.82) is 0 Å². The third kappa shape index (κ3) is 3.23. The standard InChI is InChI=1S/C18H17FN2O2S2/c1-21-17(22)15-14(11-4-6-12(19)7-5-11)10-24-16(15)20-18(21)25-9-13-3-2-8-23-13/h4-7,10,13H,2-3,8-9H2,1H3. The van der Waals surface area contributed by atoms with Crippen molar-refractivity contribution in [2.24, 2.45) is 7.05 Å². The summed E-state index contributed by atoms with van der Waals surface area (Å²) in [6, 6.07) is 6.19. The molecule has 3 aromatic rings. The van der Waals surface area contributed by atoms with Gasteiger partial charge in [0, 0.05) is 30.4 Å². The second kappa shape index (κ2) is 6.90. The zero-order valence-corrected chi connectivity index (χ0v) is 15.3. The number of aromatic nitrogens is 2. The first-order valence-electron chi connectivity index (χ1n) is 8.12. The third-order valence-corrected chi connectivity index (χ3v) is 6.39. The van der Waals surface area contributed by atoms with Crippen LogP contribution in [0.4, 0.5) is 4.39 Å². The number of halogens is 1. The molecule has 0 saturated carbocycles. The van der Waals surface area contributed by atoms with Gasteiger partial charge < -0.3 is 4.74 Å². The first kappa shape index (κ1) is 16.8. The fourth-order valence-corrected chi connectivity index (χ4v) is 4.99. The molecule has 0 aliphatic carbocycles. The zero-order valence-electron chi connectivity index (χ0n) is 13.7. The molecule has 0 spiro atoms. The lowest BCUT2D eigenvalue weighted by Crippen LogP contribution is -2.20. The van der Waals surface area contributed by atoms with Gasteiger partial charge in [-0.25, -0.2) is 9.37 Å². The third-order valence-electron chi connectivity index (χ3n) is 4.35. The average molecular weight is 376 g/mol. The van der Waals surface area contributed by atoms with Gasteiger partial charge in [-0.1, -0.05) is 23.9 Å². The highest BCUT2D eigenvalue weighted by atomic mass is 32.2. The Morgan fingerprint density at radius 1 is 1.40 bits per heavy atom. The van der Waals surface area contributed by atoms with Gasteiger partial charge in [-0.2, -0.15) is 0 Å². The molecule has 1 aliphatic heterocycles. The molecule has 0 bridgehead atoms. The Balaban J connectivity index is 1.71. The van der Waals surface area contributed by atoms with E-state index in [1.54, 1.807) is 35.5 Å². The fourth-order valence-electron chi connectivity index (χ4n) is 2.97. The lowest BCUT2D eigenvalue weighted by Gasteiger charge is -2.11. The van der Waals surface area contributed by atoms with E-state index in [1.807, 2.05) is 5.38 Å². The molecule has 0 N–H and O–H groups in total. The Kier molecular flexibility index (Phi) is 4.62. The fraction of sp³-hybridized carbons (Fsp3) is 0.333. The smallest absolute Gasteiger partial charge is 0.263 e. The molecule has 4 rings (SSSR count). The SMILES string of the molecule is Cn1c(SCC2CCCO2)nc2scc(-c3ccc(F)cc3)c2c1=O. The molecule has 0 amide bonds. The summed E-state index contributed by atoms with van der Waals surface area (Å²) >= 11 is 3.01. The molecule has 25 heavy (non-hydrogen) atoms. The molecular weight excluding hydrogens is 359 g/mol. The summed E-state index contributed by atoms with van der Waals surface area (Å²) in [5.41, 5.74) is 1.57. The summed E-state index contributed by atoms with van der Waals surface area (Å²) in [5, 5.41) is 3.22. The minimum atomic E-state index is -0.290. The number of nitrogens with zero attached hydrogens (tertiary/aromatic N) is 2. The zero-order chi connectivity index (χ0) is 17.4. The van der Waals surface area contributed by atoms with Crippen LogP contribution in [0.3, 0.4) is 0 Å². The van der Waals surface area contributed by atoms with Crippen molar-refractivity contribution in [3.05, 3.63) is 45.8 Å². The van der Waals surface area contributed by atoms with E-state index in [4.69, 9.17) is 4.74 Å². The number of fused-ring (bicyclic) bond motifs is 1. The van der Waals surface area contributed by atoms with E-state index in [2.05, 4.69) is 4.98 Å². The van der Waals surface area contributed by atoms with Gasteiger partial charge in [-0.15, -0.1) is 11.3 Å². The van der Waals surface area contributed by atoms with E-state index >= 15 is 0 Å². The molecular formula is C18H17FN2O2S2. The monoisotopic (exact) mass is 376 g/mol. The van der Waals surface area contributed by atoms with Gasteiger partial charge in [-0.05, 0) is 30.5 Å². The maximum atomic E-state index is 13.2. The van der Waals surface area contributed by atoms with Crippen molar-refractivity contribution in [1.82, 2.24) is 9.55 Å². The maximum Gasteiger partial charge on any atom is 0.263 e. The number of ether oxygens (including phenoxy) is 1. The maximum absolute atomic E-state index is 13.2. The summed E-state index contributed by atoms with van der Waals surface area (Å²) in [6.07, 6.45) is 2.41. The van der Waals surface area contributed by atoms with Crippen LogP contribution in [0.5, 0.6) is 0 Å². The normalized spacial score (nSPS) is 17.4. The van der Waals surface area contributed by atoms with Crippen LogP contribution in [0.2, 0.25) is 0 Å². The van der Waals surface area contributed by atoms with Crippen LogP contribution in [-0.2, 0) is 11.8 Å². The summed E-state index contributed by atoms with van der Waals surface area (Å²) in [6.45, 7) is 0.822. The van der Waals surface area contributed by atoms with Crippen LogP contribution in [0.1, 0.15) is 12.8 Å². The average Bonchev–Trinajstić information content (AvgIpc) is 3.27. The number of benzene rings is 1. The van der Waals surface area contributed by atoms with Gasteiger partial charge in [0.15, 0.2) is 5.16 Å². The lowest BCUT2D eigenvalue weighted by atomic mass is 10.1. The van der Waals surface area contributed by atoms with E-state index in [0.717, 1.165) is 41.2 Å². The van der Waals surface area contributed by atoms with E-state index in [-0.39, 0.29) is 17.5 Å². The number of hydrogen-bond donors (Lipinski definition) is 0. The van der Waals surface area contributed by atoms with Gasteiger partial charge in [0.25, 0.3) is 5.56 Å². The first-order chi connectivity index (χ1) is 12.1. The Bertz CT molecular complexity index is 960. The largest absolute Gasteiger partial charge is 0.377 e. The summed E-state index contributed by atoms with van der Waals surface area (Å²) in [4.78, 5) is 18.3. The minimum Gasteiger partial charge on any atom is -0.377 e. The number of rotatable bonds is 4. The number of hydrogen-bond acceptors (Lipinski definition) is 5. The Morgan fingerprint density at radius 2 is 2.20 bits per heavy atom. The Hall–Kier alpha value is -1.70. The van der Waals surface area contributed by atoms with E-state index in [1.165, 1.54) is 23.5 Å². The van der Waals surface area contributed by atoms with Crippen molar-refractivity contribution < 1.29 is 9.13 Å². The molecule has 1 aromatic carbocycles. The number of thiophene rings is 1. The number of thioether (sulfide) groups is 1. The lowest BCUT2D eigenvalue weighted by molar-refractivity contribution is 0.129. The molecule has 7 heteroatoms. The second-order valence-corrected chi connectivity index (χ2v) is 7.89. The summed E-state index contributed by atoms with van der Waals surface area (Å²) in [7, 11) is 1.75. The highest BCUT2D eigenvalue weighted by Crippen LogP contribution is 2.32. The van der Waals surface area contributed by atoms with E-state index in [9.17, 15) is 9.18 Å². The molecule has 2 aromatic heterocycles. The van der Waals surface area contributed by atoms with E-state index < -0.39 is 0 Å². The molecule has 1 fully saturated rings. The molecule has 1 aliphatic rings. The van der Waals surface area contributed by atoms with Gasteiger partial charge in [-0.3, -0.25) is 9.36 Å². The van der Waals surface area contributed by atoms with Crippen LogP contribution in [0.25, 0.3) is 21.3 Å². The Morgan fingerprint density at radius 3 is 2.92 bits per heavy atom. The van der Waals surface area contributed by atoms with Crippen LogP contribution < -0.4 is 5.56 Å². The molecule has 1 unspecified atom stereocenters. The molecule has 1 saturated heterocycles. The first-order valence-corrected chi connectivity index (χ1v) is 9.98. The molecule has 3 heterocycles. The van der Waals surface area contributed by atoms with Crippen molar-refractivity contribution in [3.63, 3.8) is 0 Å². The quantitative estimate of drug-likeness (QED) is 0.509.